The lowest BCUT2D eigenvalue weighted by Crippen LogP contribution is -2.54. The van der Waals surface area contributed by atoms with Crippen molar-refractivity contribution in [2.24, 2.45) is 11.7 Å². The Kier molecular flexibility index (Phi) is 5.73. The van der Waals surface area contributed by atoms with Gasteiger partial charge >= 0.3 is 0 Å². The monoisotopic (exact) mass is 292 g/mol. The van der Waals surface area contributed by atoms with Crippen LogP contribution in [0.1, 0.15) is 18.4 Å². The Labute approximate surface area is 125 Å². The number of carbonyl (C=O) groups excluding carboxylic acids is 1. The Hall–Kier alpha value is -1.43. The van der Waals surface area contributed by atoms with Gasteiger partial charge in [0.05, 0.1) is 6.61 Å². The predicted octanol–water partition coefficient (Wildman–Crippen LogP) is 1.03. The van der Waals surface area contributed by atoms with Gasteiger partial charge in [-0.25, -0.2) is 0 Å². The van der Waals surface area contributed by atoms with Crippen LogP contribution in [0.2, 0.25) is 0 Å². The molecule has 1 atom stereocenters. The fraction of sp³-hybridized carbons (Fsp3) is 0.562. The minimum atomic E-state index is -0.980. The van der Waals surface area contributed by atoms with E-state index in [1.54, 1.807) is 7.05 Å². The molecule has 1 heterocycles. The zero-order valence-corrected chi connectivity index (χ0v) is 12.5. The van der Waals surface area contributed by atoms with Crippen molar-refractivity contribution in [3.8, 4) is 0 Å². The van der Waals surface area contributed by atoms with Crippen molar-refractivity contribution in [3.05, 3.63) is 35.9 Å². The van der Waals surface area contributed by atoms with Crippen LogP contribution in [0.3, 0.4) is 0 Å². The van der Waals surface area contributed by atoms with Gasteiger partial charge in [0, 0.05) is 19.8 Å². The molecule has 5 nitrogen and oxygen atoms in total. The summed E-state index contributed by atoms with van der Waals surface area (Å²) in [7, 11) is 1.73. The molecule has 1 aromatic carbocycles. The van der Waals surface area contributed by atoms with E-state index < -0.39 is 11.4 Å². The Bertz CT molecular complexity index is 446. The molecule has 1 aliphatic heterocycles. The highest BCUT2D eigenvalue weighted by atomic mass is 16.5. The van der Waals surface area contributed by atoms with Crippen molar-refractivity contribution in [2.75, 3.05) is 33.5 Å². The van der Waals surface area contributed by atoms with Crippen LogP contribution < -0.4 is 11.1 Å². The predicted molar refractivity (Wildman–Crippen MR) is 80.7 cm³/mol. The zero-order chi connectivity index (χ0) is 15.1. The van der Waals surface area contributed by atoms with Crippen molar-refractivity contribution >= 4 is 5.91 Å². The molecule has 1 aromatic rings. The minimum Gasteiger partial charge on any atom is -0.381 e. The molecule has 0 radical (unpaired) electrons. The maximum atomic E-state index is 12.0. The Morgan fingerprint density at radius 1 is 1.38 bits per heavy atom. The van der Waals surface area contributed by atoms with Crippen molar-refractivity contribution in [1.82, 2.24) is 5.32 Å². The normalized spacial score (nSPS) is 19.1. The number of ether oxygens (including phenoxy) is 2. The lowest BCUT2D eigenvalue weighted by Gasteiger charge is -2.31. The summed E-state index contributed by atoms with van der Waals surface area (Å²) >= 11 is 0. The summed E-state index contributed by atoms with van der Waals surface area (Å²) in [6, 6.07) is 9.47. The molecule has 116 valence electrons. The molecule has 2 rings (SSSR count). The van der Waals surface area contributed by atoms with Crippen molar-refractivity contribution in [3.63, 3.8) is 0 Å². The number of nitrogens with one attached hydrogen (secondary N) is 1. The van der Waals surface area contributed by atoms with Gasteiger partial charge in [-0.1, -0.05) is 30.3 Å². The summed E-state index contributed by atoms with van der Waals surface area (Å²) in [5.41, 5.74) is 5.48. The molecule has 0 aliphatic carbocycles. The smallest absolute Gasteiger partial charge is 0.244 e. The Balaban J connectivity index is 2.01. The first kappa shape index (κ1) is 15.9. The highest BCUT2D eigenvalue weighted by Crippen LogP contribution is 2.22. The zero-order valence-electron chi connectivity index (χ0n) is 12.5. The second-order valence-corrected chi connectivity index (χ2v) is 5.46. The van der Waals surface area contributed by atoms with Crippen molar-refractivity contribution < 1.29 is 14.3 Å². The molecule has 0 bridgehead atoms. The van der Waals surface area contributed by atoms with Gasteiger partial charge in [-0.05, 0) is 31.4 Å². The van der Waals surface area contributed by atoms with Gasteiger partial charge in [0.2, 0.25) is 5.91 Å². The Morgan fingerprint density at radius 3 is 2.62 bits per heavy atom. The van der Waals surface area contributed by atoms with Crippen LogP contribution in [0.25, 0.3) is 0 Å². The van der Waals surface area contributed by atoms with E-state index in [0.29, 0.717) is 12.5 Å². The number of rotatable bonds is 7. The number of carbonyl (C=O) groups is 1. The summed E-state index contributed by atoms with van der Waals surface area (Å²) < 4.78 is 11.2. The number of nitrogens with two attached hydrogens (primary N) is 1. The van der Waals surface area contributed by atoms with Crippen LogP contribution in [0.15, 0.2) is 30.3 Å². The first-order chi connectivity index (χ1) is 10.2. The minimum absolute atomic E-state index is 0.236. The maximum Gasteiger partial charge on any atom is 0.244 e. The van der Waals surface area contributed by atoms with E-state index in [2.05, 4.69) is 5.32 Å². The first-order valence-corrected chi connectivity index (χ1v) is 7.39. The van der Waals surface area contributed by atoms with Gasteiger partial charge in [0.15, 0.2) is 0 Å². The van der Waals surface area contributed by atoms with E-state index >= 15 is 0 Å². The van der Waals surface area contributed by atoms with Crippen LogP contribution in [-0.2, 0) is 19.8 Å². The molecule has 0 aromatic heterocycles. The largest absolute Gasteiger partial charge is 0.381 e. The van der Waals surface area contributed by atoms with Crippen molar-refractivity contribution in [2.45, 2.75) is 18.4 Å². The number of likely N-dealkylation sites (N-methyl/N-ethyl adjacent to an activating group) is 1. The molecule has 5 heteroatoms. The standard InChI is InChI=1S/C16H24N2O3/c1-18-16(15(17)19,14-5-3-2-4-6-14)12-21-11-13-7-9-20-10-8-13/h2-6,13,18H,7-12H2,1H3,(H2,17,19). The SMILES string of the molecule is CNC(COCC1CCOCC1)(C(N)=O)c1ccccc1. The number of primary amides is 1. The summed E-state index contributed by atoms with van der Waals surface area (Å²) in [4.78, 5) is 12.0. The van der Waals surface area contributed by atoms with E-state index in [1.165, 1.54) is 0 Å². The van der Waals surface area contributed by atoms with Gasteiger partial charge < -0.3 is 20.5 Å². The fourth-order valence-corrected chi connectivity index (χ4v) is 2.65. The average Bonchev–Trinajstić information content (AvgIpc) is 2.53. The molecule has 1 fully saturated rings. The van der Waals surface area contributed by atoms with E-state index in [1.807, 2.05) is 30.3 Å². The average molecular weight is 292 g/mol. The molecular weight excluding hydrogens is 268 g/mol. The molecular formula is C16H24N2O3. The lowest BCUT2D eigenvalue weighted by molar-refractivity contribution is -0.128. The number of hydrogen-bond acceptors (Lipinski definition) is 4. The highest BCUT2D eigenvalue weighted by Gasteiger charge is 2.37. The van der Waals surface area contributed by atoms with Gasteiger partial charge in [-0.15, -0.1) is 0 Å². The first-order valence-electron chi connectivity index (χ1n) is 7.39. The summed E-state index contributed by atoms with van der Waals surface area (Å²) in [5, 5.41) is 3.04. The Morgan fingerprint density at radius 2 is 2.05 bits per heavy atom. The fourth-order valence-electron chi connectivity index (χ4n) is 2.65. The summed E-state index contributed by atoms with van der Waals surface area (Å²) in [6.45, 7) is 2.45. The summed E-state index contributed by atoms with van der Waals surface area (Å²) in [6.07, 6.45) is 2.02. The van der Waals surface area contributed by atoms with E-state index in [9.17, 15) is 4.79 Å². The number of amides is 1. The number of benzene rings is 1. The third-order valence-corrected chi connectivity index (χ3v) is 4.13. The molecule has 1 aliphatic rings. The third kappa shape index (κ3) is 3.81. The molecule has 1 saturated heterocycles. The molecule has 1 amide bonds. The second-order valence-electron chi connectivity index (χ2n) is 5.46. The van der Waals surface area contributed by atoms with Crippen LogP contribution >= 0.6 is 0 Å². The van der Waals surface area contributed by atoms with Crippen LogP contribution in [0, 0.1) is 5.92 Å². The van der Waals surface area contributed by atoms with Crippen LogP contribution in [0.4, 0.5) is 0 Å². The second kappa shape index (κ2) is 7.54. The van der Waals surface area contributed by atoms with Gasteiger partial charge in [-0.3, -0.25) is 4.79 Å². The molecule has 1 unspecified atom stereocenters. The third-order valence-electron chi connectivity index (χ3n) is 4.13. The lowest BCUT2D eigenvalue weighted by atomic mass is 9.90. The molecule has 21 heavy (non-hydrogen) atoms. The number of hydrogen-bond donors (Lipinski definition) is 2. The molecule has 3 N–H and O–H groups in total. The molecule has 0 spiro atoms. The topological polar surface area (TPSA) is 73.6 Å². The highest BCUT2D eigenvalue weighted by molar-refractivity contribution is 5.86. The van der Waals surface area contributed by atoms with E-state index in [4.69, 9.17) is 15.2 Å². The van der Waals surface area contributed by atoms with Crippen LogP contribution in [-0.4, -0.2) is 39.4 Å². The molecule has 0 saturated carbocycles. The summed E-state index contributed by atoms with van der Waals surface area (Å²) in [5.74, 6) is 0.0696. The van der Waals surface area contributed by atoms with Gasteiger partial charge in [0.1, 0.15) is 5.54 Å². The van der Waals surface area contributed by atoms with Crippen LogP contribution in [0.5, 0.6) is 0 Å². The quantitative estimate of drug-likeness (QED) is 0.787. The van der Waals surface area contributed by atoms with Gasteiger partial charge in [-0.2, -0.15) is 0 Å². The maximum absolute atomic E-state index is 12.0. The van der Waals surface area contributed by atoms with Crippen molar-refractivity contribution in [1.29, 1.82) is 0 Å². The van der Waals surface area contributed by atoms with E-state index in [0.717, 1.165) is 31.6 Å². The van der Waals surface area contributed by atoms with Gasteiger partial charge in [0.25, 0.3) is 0 Å². The van der Waals surface area contributed by atoms with E-state index in [-0.39, 0.29) is 6.61 Å².